The summed E-state index contributed by atoms with van der Waals surface area (Å²) in [7, 11) is 2.54. The maximum atomic E-state index is 11.9. The van der Waals surface area contributed by atoms with Gasteiger partial charge >= 0.3 is 11.9 Å². The van der Waals surface area contributed by atoms with Gasteiger partial charge in [0.05, 0.1) is 20.6 Å². The van der Waals surface area contributed by atoms with Gasteiger partial charge in [-0.25, -0.2) is 4.79 Å². The summed E-state index contributed by atoms with van der Waals surface area (Å²) in [5.41, 5.74) is 2.15. The fraction of sp³-hybridized carbons (Fsp3) is 0.526. The standard InChI is InChI=1S/C19H27NO5/c1-19(2,3)14-8-6-13(7-9-14)12-15(18(23)25-5)20-16(21)10-11-17(22)24-4/h6-9,15H,10-12H2,1-5H3,(H,20,21)/t15-/m0/s1. The molecule has 0 heterocycles. The molecule has 6 nitrogen and oxygen atoms in total. The monoisotopic (exact) mass is 349 g/mol. The third-order valence-corrected chi connectivity index (χ3v) is 3.86. The molecule has 0 saturated carbocycles. The summed E-state index contributed by atoms with van der Waals surface area (Å²) in [4.78, 5) is 35.0. The minimum Gasteiger partial charge on any atom is -0.469 e. The summed E-state index contributed by atoms with van der Waals surface area (Å²) in [5, 5.41) is 2.62. The van der Waals surface area contributed by atoms with Gasteiger partial charge in [-0.05, 0) is 16.5 Å². The minimum absolute atomic E-state index is 0.0312. The lowest BCUT2D eigenvalue weighted by Crippen LogP contribution is -2.43. The number of hydrogen-bond donors (Lipinski definition) is 1. The fourth-order valence-electron chi connectivity index (χ4n) is 2.30. The van der Waals surface area contributed by atoms with Crippen LogP contribution in [0.3, 0.4) is 0 Å². The normalized spacial score (nSPS) is 12.2. The number of hydrogen-bond acceptors (Lipinski definition) is 5. The van der Waals surface area contributed by atoms with Gasteiger partial charge in [-0.3, -0.25) is 9.59 Å². The van der Waals surface area contributed by atoms with Crippen molar-refractivity contribution in [3.8, 4) is 0 Å². The van der Waals surface area contributed by atoms with Crippen LogP contribution in [0.25, 0.3) is 0 Å². The van der Waals surface area contributed by atoms with E-state index < -0.39 is 23.9 Å². The topological polar surface area (TPSA) is 81.7 Å². The van der Waals surface area contributed by atoms with Gasteiger partial charge in [0.2, 0.25) is 5.91 Å². The second kappa shape index (κ2) is 9.20. The van der Waals surface area contributed by atoms with Gasteiger partial charge in [0, 0.05) is 12.8 Å². The number of methoxy groups -OCH3 is 2. The van der Waals surface area contributed by atoms with E-state index in [0.717, 1.165) is 5.56 Å². The third-order valence-electron chi connectivity index (χ3n) is 3.86. The van der Waals surface area contributed by atoms with Crippen molar-refractivity contribution in [2.75, 3.05) is 14.2 Å². The molecule has 1 aromatic rings. The summed E-state index contributed by atoms with van der Waals surface area (Å²) in [6, 6.07) is 7.12. The smallest absolute Gasteiger partial charge is 0.328 e. The van der Waals surface area contributed by atoms with E-state index >= 15 is 0 Å². The van der Waals surface area contributed by atoms with Gasteiger partial charge in [0.25, 0.3) is 0 Å². The second-order valence-corrected chi connectivity index (χ2v) is 6.87. The molecule has 1 amide bonds. The third kappa shape index (κ3) is 6.95. The molecule has 0 radical (unpaired) electrons. The predicted octanol–water partition coefficient (Wildman–Crippen LogP) is 2.14. The number of carbonyl (C=O) groups is 3. The molecule has 0 spiro atoms. The van der Waals surface area contributed by atoms with Crippen molar-refractivity contribution in [2.45, 2.75) is 51.5 Å². The first-order chi connectivity index (χ1) is 11.7. The van der Waals surface area contributed by atoms with Gasteiger partial charge < -0.3 is 14.8 Å². The van der Waals surface area contributed by atoms with Crippen LogP contribution in [-0.4, -0.2) is 38.1 Å². The first kappa shape index (κ1) is 20.7. The van der Waals surface area contributed by atoms with Crippen LogP contribution < -0.4 is 5.32 Å². The number of ether oxygens (including phenoxy) is 2. The Morgan fingerprint density at radius 1 is 1.00 bits per heavy atom. The first-order valence-electron chi connectivity index (χ1n) is 8.20. The molecule has 0 aliphatic carbocycles. The van der Waals surface area contributed by atoms with E-state index in [-0.39, 0.29) is 18.3 Å². The van der Waals surface area contributed by atoms with Gasteiger partial charge in [0.15, 0.2) is 0 Å². The van der Waals surface area contributed by atoms with Crippen LogP contribution in [0.5, 0.6) is 0 Å². The molecule has 1 atom stereocenters. The number of carbonyl (C=O) groups excluding carboxylic acids is 3. The molecule has 0 fully saturated rings. The lowest BCUT2D eigenvalue weighted by molar-refractivity contribution is -0.145. The van der Waals surface area contributed by atoms with Crippen LogP contribution >= 0.6 is 0 Å². The molecule has 6 heteroatoms. The zero-order valence-corrected chi connectivity index (χ0v) is 15.5. The van der Waals surface area contributed by atoms with E-state index in [4.69, 9.17) is 4.74 Å². The largest absolute Gasteiger partial charge is 0.469 e. The van der Waals surface area contributed by atoms with E-state index in [1.165, 1.54) is 19.8 Å². The molecule has 1 aromatic carbocycles. The Hall–Kier alpha value is -2.37. The van der Waals surface area contributed by atoms with Crippen LogP contribution in [0.1, 0.15) is 44.7 Å². The Labute approximate surface area is 148 Å². The van der Waals surface area contributed by atoms with E-state index in [2.05, 4.69) is 30.8 Å². The number of amides is 1. The van der Waals surface area contributed by atoms with Crippen molar-refractivity contribution < 1.29 is 23.9 Å². The highest BCUT2D eigenvalue weighted by Gasteiger charge is 2.22. The van der Waals surface area contributed by atoms with Crippen molar-refractivity contribution >= 4 is 17.8 Å². The lowest BCUT2D eigenvalue weighted by Gasteiger charge is -2.20. The van der Waals surface area contributed by atoms with Crippen molar-refractivity contribution in [3.63, 3.8) is 0 Å². The molecule has 0 aliphatic rings. The number of nitrogens with one attached hydrogen (secondary N) is 1. The van der Waals surface area contributed by atoms with Gasteiger partial charge in [0.1, 0.15) is 6.04 Å². The van der Waals surface area contributed by atoms with E-state index in [1.807, 2.05) is 24.3 Å². The van der Waals surface area contributed by atoms with Crippen molar-refractivity contribution in [1.29, 1.82) is 0 Å². The number of benzene rings is 1. The molecule has 0 aliphatic heterocycles. The fourth-order valence-corrected chi connectivity index (χ4v) is 2.30. The first-order valence-corrected chi connectivity index (χ1v) is 8.20. The number of esters is 2. The summed E-state index contributed by atoms with van der Waals surface area (Å²) >= 11 is 0. The Kier molecular flexibility index (Phi) is 7.61. The molecule has 138 valence electrons. The highest BCUT2D eigenvalue weighted by atomic mass is 16.5. The quantitative estimate of drug-likeness (QED) is 0.763. The predicted molar refractivity (Wildman–Crippen MR) is 94.0 cm³/mol. The van der Waals surface area contributed by atoms with E-state index in [9.17, 15) is 14.4 Å². The molecule has 0 unspecified atom stereocenters. The maximum absolute atomic E-state index is 11.9. The molecule has 0 bridgehead atoms. The summed E-state index contributed by atoms with van der Waals surface area (Å²) in [6.07, 6.45) is 0.251. The Balaban J connectivity index is 2.74. The van der Waals surface area contributed by atoms with Gasteiger partial charge in [-0.1, -0.05) is 45.0 Å². The summed E-state index contributed by atoms with van der Waals surface area (Å²) in [5.74, 6) is -1.39. The van der Waals surface area contributed by atoms with Gasteiger partial charge in [-0.2, -0.15) is 0 Å². The molecular formula is C19H27NO5. The Bertz CT molecular complexity index is 601. The second-order valence-electron chi connectivity index (χ2n) is 6.87. The SMILES string of the molecule is COC(=O)CCC(=O)N[C@@H](Cc1ccc(C(C)(C)C)cc1)C(=O)OC. The maximum Gasteiger partial charge on any atom is 0.328 e. The zero-order chi connectivity index (χ0) is 19.0. The highest BCUT2D eigenvalue weighted by molar-refractivity contribution is 5.86. The minimum atomic E-state index is -0.796. The van der Waals surface area contributed by atoms with Crippen LogP contribution in [-0.2, 0) is 35.7 Å². The molecule has 1 rings (SSSR count). The van der Waals surface area contributed by atoms with Crippen LogP contribution in [0.4, 0.5) is 0 Å². The highest BCUT2D eigenvalue weighted by Crippen LogP contribution is 2.22. The van der Waals surface area contributed by atoms with E-state index in [0.29, 0.717) is 6.42 Å². The molecular weight excluding hydrogens is 322 g/mol. The Morgan fingerprint density at radius 2 is 1.60 bits per heavy atom. The van der Waals surface area contributed by atoms with E-state index in [1.54, 1.807) is 0 Å². The molecule has 25 heavy (non-hydrogen) atoms. The van der Waals surface area contributed by atoms with Crippen molar-refractivity contribution in [3.05, 3.63) is 35.4 Å². The average Bonchev–Trinajstić information content (AvgIpc) is 2.58. The molecule has 0 saturated heterocycles. The van der Waals surface area contributed by atoms with Crippen molar-refractivity contribution in [1.82, 2.24) is 5.32 Å². The van der Waals surface area contributed by atoms with Crippen LogP contribution in [0, 0.1) is 0 Å². The average molecular weight is 349 g/mol. The summed E-state index contributed by atoms with van der Waals surface area (Å²) < 4.78 is 9.26. The zero-order valence-electron chi connectivity index (χ0n) is 15.5. The number of rotatable bonds is 7. The van der Waals surface area contributed by atoms with Gasteiger partial charge in [-0.15, -0.1) is 0 Å². The molecule has 0 aromatic heterocycles. The Morgan fingerprint density at radius 3 is 2.08 bits per heavy atom. The van der Waals surface area contributed by atoms with Crippen molar-refractivity contribution in [2.24, 2.45) is 0 Å². The lowest BCUT2D eigenvalue weighted by atomic mass is 9.86. The van der Waals surface area contributed by atoms with Crippen LogP contribution in [0.2, 0.25) is 0 Å². The van der Waals surface area contributed by atoms with Crippen LogP contribution in [0.15, 0.2) is 24.3 Å². The molecule has 1 N–H and O–H groups in total. The summed E-state index contributed by atoms with van der Waals surface area (Å²) in [6.45, 7) is 6.38.